The monoisotopic (exact) mass is 511 g/mol. The Morgan fingerprint density at radius 2 is 1.54 bits per heavy atom. The van der Waals surface area contributed by atoms with Crippen LogP contribution in [0.5, 0.6) is 5.75 Å². The van der Waals surface area contributed by atoms with Crippen molar-refractivity contribution in [2.45, 2.75) is 26.6 Å². The first-order chi connectivity index (χ1) is 17.8. The summed E-state index contributed by atoms with van der Waals surface area (Å²) < 4.78 is 40.8. The molecule has 0 unspecified atom stereocenters. The zero-order valence-electron chi connectivity index (χ0n) is 21.0. The molecule has 8 heteroatoms. The lowest BCUT2D eigenvalue weighted by Crippen LogP contribution is -2.29. The van der Waals surface area contributed by atoms with Gasteiger partial charge in [0.05, 0.1) is 0 Å². The molecule has 3 aromatic carbocycles. The first-order valence-corrected chi connectivity index (χ1v) is 12.3. The van der Waals surface area contributed by atoms with Crippen molar-refractivity contribution in [1.29, 1.82) is 0 Å². The molecule has 2 N–H and O–H groups in total. The van der Waals surface area contributed by atoms with E-state index in [4.69, 9.17) is 0 Å². The smallest absolute Gasteiger partial charge is 0.406 e. The molecule has 3 rings (SSSR count). The van der Waals surface area contributed by atoms with Gasteiger partial charge in [-0.05, 0) is 79.6 Å². The molecule has 1 amide bonds. The molecule has 37 heavy (non-hydrogen) atoms. The van der Waals surface area contributed by atoms with Crippen molar-refractivity contribution < 1.29 is 22.7 Å². The fourth-order valence-corrected chi connectivity index (χ4v) is 3.74. The van der Waals surface area contributed by atoms with Crippen molar-refractivity contribution in [2.24, 2.45) is 0 Å². The van der Waals surface area contributed by atoms with Crippen LogP contribution in [0.25, 0.3) is 12.2 Å². The molecule has 0 aromatic heterocycles. The number of nitrogens with zero attached hydrogens (tertiary/aromatic N) is 1. The molecule has 0 atom stereocenters. The summed E-state index contributed by atoms with van der Waals surface area (Å²) in [5.74, 6) is -0.363. The van der Waals surface area contributed by atoms with Crippen LogP contribution < -0.4 is 15.4 Å². The number of carbonyl (C=O) groups excluding carboxylic acids is 1. The second-order valence-electron chi connectivity index (χ2n) is 8.42. The van der Waals surface area contributed by atoms with Crippen LogP contribution in [0, 0.1) is 0 Å². The number of anilines is 2. The molecule has 0 bridgehead atoms. The average Bonchev–Trinajstić information content (AvgIpc) is 2.88. The van der Waals surface area contributed by atoms with E-state index in [0.29, 0.717) is 12.1 Å². The highest BCUT2D eigenvalue weighted by molar-refractivity contribution is 5.95. The lowest BCUT2D eigenvalue weighted by atomic mass is 10.1. The summed E-state index contributed by atoms with van der Waals surface area (Å²) in [4.78, 5) is 14.9. The van der Waals surface area contributed by atoms with Crippen LogP contribution in [0.1, 0.15) is 41.8 Å². The van der Waals surface area contributed by atoms with Gasteiger partial charge in [-0.15, -0.1) is 13.2 Å². The molecule has 0 spiro atoms. The Morgan fingerprint density at radius 3 is 2.22 bits per heavy atom. The molecular formula is C29H32F3N3O2. The third-order valence-electron chi connectivity index (χ3n) is 5.71. The highest BCUT2D eigenvalue weighted by Crippen LogP contribution is 2.24. The third kappa shape index (κ3) is 9.65. The maximum atomic E-state index is 12.6. The van der Waals surface area contributed by atoms with Gasteiger partial charge in [-0.25, -0.2) is 0 Å². The van der Waals surface area contributed by atoms with E-state index in [2.05, 4.69) is 34.1 Å². The molecule has 0 aliphatic rings. The Hall–Kier alpha value is -3.78. The van der Waals surface area contributed by atoms with E-state index in [1.54, 1.807) is 18.2 Å². The summed E-state index contributed by atoms with van der Waals surface area (Å²) in [5.41, 5.74) is 3.86. The van der Waals surface area contributed by atoms with Gasteiger partial charge in [0.1, 0.15) is 5.75 Å². The van der Waals surface area contributed by atoms with Crippen LogP contribution in [0.2, 0.25) is 0 Å². The predicted molar refractivity (Wildman–Crippen MR) is 143 cm³/mol. The average molecular weight is 512 g/mol. The van der Waals surface area contributed by atoms with Crippen molar-refractivity contribution in [2.75, 3.05) is 31.5 Å². The van der Waals surface area contributed by atoms with Crippen LogP contribution in [-0.4, -0.2) is 43.3 Å². The van der Waals surface area contributed by atoms with Gasteiger partial charge in [-0.2, -0.15) is 0 Å². The number of nitrogens with one attached hydrogen (secondary N) is 2. The zero-order valence-corrected chi connectivity index (χ0v) is 21.0. The SMILES string of the molecule is CCN(CC)CCCNC(=O)c1cccc(Nc2cccc(C=Cc3ccc(OC(F)(F)F)cc3)c2)c1. The van der Waals surface area contributed by atoms with Crippen LogP contribution in [0.3, 0.4) is 0 Å². The van der Waals surface area contributed by atoms with Gasteiger partial charge in [0.25, 0.3) is 5.91 Å². The Bertz CT molecular complexity index is 1170. The molecule has 0 aliphatic heterocycles. The number of rotatable bonds is 12. The summed E-state index contributed by atoms with van der Waals surface area (Å²) in [6, 6.07) is 20.7. The van der Waals surface area contributed by atoms with Crippen molar-refractivity contribution >= 4 is 29.4 Å². The highest BCUT2D eigenvalue weighted by Gasteiger charge is 2.30. The molecule has 5 nitrogen and oxygen atoms in total. The molecule has 196 valence electrons. The van der Waals surface area contributed by atoms with Gasteiger partial charge >= 0.3 is 6.36 Å². The molecule has 0 fully saturated rings. The number of hydrogen-bond acceptors (Lipinski definition) is 4. The molecule has 0 aliphatic carbocycles. The van der Waals surface area contributed by atoms with E-state index in [1.807, 2.05) is 54.6 Å². The third-order valence-corrected chi connectivity index (χ3v) is 5.71. The Morgan fingerprint density at radius 1 is 0.892 bits per heavy atom. The highest BCUT2D eigenvalue weighted by atomic mass is 19.4. The number of benzene rings is 3. The maximum Gasteiger partial charge on any atom is 0.573 e. The van der Waals surface area contributed by atoms with E-state index in [-0.39, 0.29) is 11.7 Å². The summed E-state index contributed by atoms with van der Waals surface area (Å²) in [7, 11) is 0. The van der Waals surface area contributed by atoms with Gasteiger partial charge in [-0.3, -0.25) is 4.79 Å². The summed E-state index contributed by atoms with van der Waals surface area (Å²) >= 11 is 0. The minimum absolute atomic E-state index is 0.105. The van der Waals surface area contributed by atoms with E-state index in [0.717, 1.165) is 48.6 Å². The molecule has 0 heterocycles. The minimum Gasteiger partial charge on any atom is -0.406 e. The molecule has 0 saturated carbocycles. The van der Waals surface area contributed by atoms with Crippen LogP contribution in [0.15, 0.2) is 72.8 Å². The topological polar surface area (TPSA) is 53.6 Å². The van der Waals surface area contributed by atoms with E-state index >= 15 is 0 Å². The van der Waals surface area contributed by atoms with Crippen LogP contribution in [0.4, 0.5) is 24.5 Å². The molecular weight excluding hydrogens is 479 g/mol. The first-order valence-electron chi connectivity index (χ1n) is 12.3. The minimum atomic E-state index is -4.71. The van der Waals surface area contributed by atoms with Gasteiger partial charge in [0, 0.05) is 23.5 Å². The summed E-state index contributed by atoms with van der Waals surface area (Å²) in [6.45, 7) is 7.85. The van der Waals surface area contributed by atoms with E-state index < -0.39 is 6.36 Å². The molecule has 3 aromatic rings. The van der Waals surface area contributed by atoms with Crippen molar-refractivity contribution in [1.82, 2.24) is 10.2 Å². The van der Waals surface area contributed by atoms with Crippen LogP contribution in [-0.2, 0) is 0 Å². The largest absolute Gasteiger partial charge is 0.573 e. The quantitative estimate of drug-likeness (QED) is 0.204. The van der Waals surface area contributed by atoms with Crippen molar-refractivity contribution in [3.05, 3.63) is 89.5 Å². The maximum absolute atomic E-state index is 12.6. The summed E-state index contributed by atoms with van der Waals surface area (Å²) in [5, 5.41) is 6.30. The summed E-state index contributed by atoms with van der Waals surface area (Å²) in [6.07, 6.45) is -0.134. The van der Waals surface area contributed by atoms with Gasteiger partial charge in [0.2, 0.25) is 0 Å². The number of amides is 1. The molecule has 0 radical (unpaired) electrons. The van der Waals surface area contributed by atoms with Crippen LogP contribution >= 0.6 is 0 Å². The normalized spacial score (nSPS) is 11.6. The molecule has 0 saturated heterocycles. The van der Waals surface area contributed by atoms with E-state index in [1.165, 1.54) is 12.1 Å². The number of ether oxygens (including phenoxy) is 1. The Labute approximate surface area is 216 Å². The number of carbonyl (C=O) groups is 1. The van der Waals surface area contributed by atoms with E-state index in [9.17, 15) is 18.0 Å². The zero-order chi connectivity index (χ0) is 26.7. The fraction of sp³-hybridized carbons (Fsp3) is 0.276. The number of halogens is 3. The second kappa shape index (κ2) is 13.5. The Balaban J connectivity index is 1.57. The van der Waals surface area contributed by atoms with Crippen molar-refractivity contribution in [3.63, 3.8) is 0 Å². The predicted octanol–water partition coefficient (Wildman–Crippen LogP) is 6.96. The standard InChI is InChI=1S/C29H32F3N3O2/c1-3-35(4-2)19-7-18-33-28(36)24-9-6-11-26(21-24)34-25-10-5-8-23(20-25)13-12-22-14-16-27(17-15-22)37-29(30,31)32/h5-6,8-17,20-21,34H,3-4,7,18-19H2,1-2H3,(H,33,36). The number of hydrogen-bond donors (Lipinski definition) is 2. The second-order valence-corrected chi connectivity index (χ2v) is 8.42. The fourth-order valence-electron chi connectivity index (χ4n) is 3.74. The van der Waals surface area contributed by atoms with Crippen molar-refractivity contribution in [3.8, 4) is 5.75 Å². The Kier molecular flexibility index (Phi) is 10.1. The van der Waals surface area contributed by atoms with Gasteiger partial charge in [-0.1, -0.05) is 56.3 Å². The van der Waals surface area contributed by atoms with Gasteiger partial charge < -0.3 is 20.3 Å². The van der Waals surface area contributed by atoms with Gasteiger partial charge in [0.15, 0.2) is 0 Å². The lowest BCUT2D eigenvalue weighted by molar-refractivity contribution is -0.274. The first kappa shape index (κ1) is 27.8. The lowest BCUT2D eigenvalue weighted by Gasteiger charge is -2.17. The number of alkyl halides is 3.